The van der Waals surface area contributed by atoms with Gasteiger partial charge >= 0.3 is 12.6 Å². The molecule has 0 unspecified atom stereocenters. The molecule has 1 aromatic heterocycles. The molecule has 0 aliphatic carbocycles. The zero-order valence-electron chi connectivity index (χ0n) is 11.7. The fraction of sp³-hybridized carbons (Fsp3) is 0.250. The molecule has 0 saturated heterocycles. The van der Waals surface area contributed by atoms with E-state index >= 15 is 0 Å². The quantitative estimate of drug-likeness (QED) is 0.580. The first-order valence-corrected chi connectivity index (χ1v) is 6.76. The van der Waals surface area contributed by atoms with Crippen LogP contribution in [0.5, 0.6) is 5.75 Å². The van der Waals surface area contributed by atoms with Crippen molar-refractivity contribution in [3.05, 3.63) is 59.9 Å². The molecule has 1 heterocycles. The van der Waals surface area contributed by atoms with Gasteiger partial charge in [-0.25, -0.2) is 4.79 Å². The van der Waals surface area contributed by atoms with Crippen molar-refractivity contribution in [1.82, 2.24) is 4.98 Å². The first-order valence-electron chi connectivity index (χ1n) is 6.76. The molecule has 6 heteroatoms. The fourth-order valence-corrected chi connectivity index (χ4v) is 1.85. The Balaban J connectivity index is 1.75. The van der Waals surface area contributed by atoms with Crippen LogP contribution in [-0.4, -0.2) is 24.2 Å². The van der Waals surface area contributed by atoms with Gasteiger partial charge in [0.2, 0.25) is 0 Å². The largest absolute Gasteiger partial charge is 0.462 e. The molecule has 0 spiro atoms. The van der Waals surface area contributed by atoms with Gasteiger partial charge in [0, 0.05) is 12.4 Å². The maximum atomic E-state index is 12.0. The number of rotatable bonds is 7. The zero-order chi connectivity index (χ0) is 15.8. The van der Waals surface area contributed by atoms with E-state index < -0.39 is 12.6 Å². The van der Waals surface area contributed by atoms with E-state index in [2.05, 4.69) is 9.72 Å². The van der Waals surface area contributed by atoms with Crippen LogP contribution in [0.15, 0.2) is 48.8 Å². The van der Waals surface area contributed by atoms with Crippen molar-refractivity contribution in [3.8, 4) is 5.75 Å². The summed E-state index contributed by atoms with van der Waals surface area (Å²) in [6, 6.07) is 9.21. The molecular weight excluding hydrogens is 292 g/mol. The van der Waals surface area contributed by atoms with E-state index in [9.17, 15) is 13.6 Å². The Morgan fingerprint density at radius 1 is 1.09 bits per heavy atom. The third-order valence-corrected chi connectivity index (χ3v) is 2.91. The summed E-state index contributed by atoms with van der Waals surface area (Å²) < 4.78 is 33.3. The molecule has 22 heavy (non-hydrogen) atoms. The topological polar surface area (TPSA) is 48.4 Å². The molecule has 0 amide bonds. The SMILES string of the molecule is O=C(OCCCc1ccncc1)c1ccc(OC(F)F)cc1. The molecule has 0 atom stereocenters. The molecule has 1 aromatic carbocycles. The second kappa shape index (κ2) is 8.07. The van der Waals surface area contributed by atoms with E-state index in [0.29, 0.717) is 12.0 Å². The van der Waals surface area contributed by atoms with Gasteiger partial charge in [0.15, 0.2) is 0 Å². The number of ether oxygens (including phenoxy) is 2. The van der Waals surface area contributed by atoms with Crippen molar-refractivity contribution < 1.29 is 23.0 Å². The Morgan fingerprint density at radius 2 is 1.77 bits per heavy atom. The normalized spacial score (nSPS) is 10.5. The van der Waals surface area contributed by atoms with Gasteiger partial charge in [-0.05, 0) is 54.8 Å². The Labute approximate surface area is 126 Å². The summed E-state index contributed by atoms with van der Waals surface area (Å²) in [5.74, 6) is -0.484. The molecular formula is C16H15F2NO3. The van der Waals surface area contributed by atoms with Crippen LogP contribution in [0.4, 0.5) is 8.78 Å². The lowest BCUT2D eigenvalue weighted by molar-refractivity contribution is -0.0498. The lowest BCUT2D eigenvalue weighted by Gasteiger charge is -2.07. The van der Waals surface area contributed by atoms with E-state index in [1.807, 2.05) is 12.1 Å². The van der Waals surface area contributed by atoms with Crippen molar-refractivity contribution in [2.24, 2.45) is 0 Å². The molecule has 0 radical (unpaired) electrons. The Kier molecular flexibility index (Phi) is 5.82. The number of pyridine rings is 1. The maximum absolute atomic E-state index is 12.0. The van der Waals surface area contributed by atoms with Crippen LogP contribution in [0.25, 0.3) is 0 Å². The number of benzene rings is 1. The molecule has 2 aromatic rings. The Hall–Kier alpha value is -2.50. The Morgan fingerprint density at radius 3 is 2.41 bits per heavy atom. The van der Waals surface area contributed by atoms with E-state index in [-0.39, 0.29) is 12.4 Å². The predicted molar refractivity (Wildman–Crippen MR) is 75.9 cm³/mol. The van der Waals surface area contributed by atoms with Crippen LogP contribution in [0.3, 0.4) is 0 Å². The second-order valence-corrected chi connectivity index (χ2v) is 4.50. The van der Waals surface area contributed by atoms with Crippen molar-refractivity contribution in [2.45, 2.75) is 19.5 Å². The number of carbonyl (C=O) groups excluding carboxylic acids is 1. The highest BCUT2D eigenvalue weighted by Gasteiger charge is 2.09. The monoisotopic (exact) mass is 307 g/mol. The van der Waals surface area contributed by atoms with Gasteiger partial charge in [-0.3, -0.25) is 4.98 Å². The molecule has 0 fully saturated rings. The number of carbonyl (C=O) groups is 1. The summed E-state index contributed by atoms with van der Waals surface area (Å²) in [7, 11) is 0. The summed E-state index contributed by atoms with van der Waals surface area (Å²) in [4.78, 5) is 15.7. The van der Waals surface area contributed by atoms with Gasteiger partial charge in [0.25, 0.3) is 0 Å². The molecule has 4 nitrogen and oxygen atoms in total. The maximum Gasteiger partial charge on any atom is 0.387 e. The highest BCUT2D eigenvalue weighted by Crippen LogP contribution is 2.15. The fourth-order valence-electron chi connectivity index (χ4n) is 1.85. The van der Waals surface area contributed by atoms with Gasteiger partial charge in [-0.1, -0.05) is 0 Å². The summed E-state index contributed by atoms with van der Waals surface area (Å²) >= 11 is 0. The molecule has 116 valence electrons. The molecule has 2 rings (SSSR count). The lowest BCUT2D eigenvalue weighted by Crippen LogP contribution is -2.07. The Bertz CT molecular complexity index is 588. The number of halogens is 2. The summed E-state index contributed by atoms with van der Waals surface area (Å²) in [5.41, 5.74) is 1.42. The molecule has 0 saturated carbocycles. The molecule has 0 N–H and O–H groups in total. The van der Waals surface area contributed by atoms with Gasteiger partial charge in [-0.15, -0.1) is 0 Å². The number of alkyl halides is 2. The molecule has 0 aliphatic heterocycles. The summed E-state index contributed by atoms with van der Waals surface area (Å²) in [6.07, 6.45) is 4.91. The van der Waals surface area contributed by atoms with Crippen LogP contribution in [0.2, 0.25) is 0 Å². The molecule has 0 bridgehead atoms. The van der Waals surface area contributed by atoms with Crippen LogP contribution in [0, 0.1) is 0 Å². The van der Waals surface area contributed by atoms with Crippen LogP contribution in [0.1, 0.15) is 22.3 Å². The van der Waals surface area contributed by atoms with Crippen LogP contribution >= 0.6 is 0 Å². The van der Waals surface area contributed by atoms with Crippen molar-refractivity contribution >= 4 is 5.97 Å². The van der Waals surface area contributed by atoms with E-state index in [1.54, 1.807) is 12.4 Å². The third kappa shape index (κ3) is 5.12. The van der Waals surface area contributed by atoms with E-state index in [4.69, 9.17) is 4.74 Å². The second-order valence-electron chi connectivity index (χ2n) is 4.50. The van der Waals surface area contributed by atoms with Crippen molar-refractivity contribution in [3.63, 3.8) is 0 Å². The molecule has 0 aliphatic rings. The highest BCUT2D eigenvalue weighted by molar-refractivity contribution is 5.89. The van der Waals surface area contributed by atoms with Crippen LogP contribution in [-0.2, 0) is 11.2 Å². The number of esters is 1. The average molecular weight is 307 g/mol. The van der Waals surface area contributed by atoms with Gasteiger partial charge in [0.1, 0.15) is 5.75 Å². The van der Waals surface area contributed by atoms with E-state index in [1.165, 1.54) is 24.3 Å². The van der Waals surface area contributed by atoms with Gasteiger partial charge < -0.3 is 9.47 Å². The summed E-state index contributed by atoms with van der Waals surface area (Å²) in [5, 5.41) is 0. The van der Waals surface area contributed by atoms with Crippen LogP contribution < -0.4 is 4.74 Å². The first-order chi connectivity index (χ1) is 10.6. The number of hydrogen-bond acceptors (Lipinski definition) is 4. The zero-order valence-corrected chi connectivity index (χ0v) is 11.7. The van der Waals surface area contributed by atoms with Crippen molar-refractivity contribution in [2.75, 3.05) is 6.61 Å². The first kappa shape index (κ1) is 15.9. The smallest absolute Gasteiger partial charge is 0.387 e. The lowest BCUT2D eigenvalue weighted by atomic mass is 10.1. The standard InChI is InChI=1S/C16H15F2NO3/c17-16(18)22-14-5-3-13(4-6-14)15(20)21-11-1-2-12-7-9-19-10-8-12/h3-10,16H,1-2,11H2. The van der Waals surface area contributed by atoms with Gasteiger partial charge in [-0.2, -0.15) is 8.78 Å². The average Bonchev–Trinajstić information content (AvgIpc) is 2.52. The minimum atomic E-state index is -2.88. The van der Waals surface area contributed by atoms with Crippen molar-refractivity contribution in [1.29, 1.82) is 0 Å². The number of aromatic nitrogens is 1. The number of aryl methyl sites for hydroxylation is 1. The minimum Gasteiger partial charge on any atom is -0.462 e. The number of hydrogen-bond donors (Lipinski definition) is 0. The van der Waals surface area contributed by atoms with Gasteiger partial charge in [0.05, 0.1) is 12.2 Å². The number of nitrogens with zero attached hydrogens (tertiary/aromatic N) is 1. The highest BCUT2D eigenvalue weighted by atomic mass is 19.3. The third-order valence-electron chi connectivity index (χ3n) is 2.91. The summed E-state index contributed by atoms with van der Waals surface area (Å²) in [6.45, 7) is -2.60. The predicted octanol–water partition coefficient (Wildman–Crippen LogP) is 3.47. The van der Waals surface area contributed by atoms with E-state index in [0.717, 1.165) is 12.0 Å². The minimum absolute atomic E-state index is 0.00392.